The number of aromatic hydroxyl groups is 1. The van der Waals surface area contributed by atoms with E-state index < -0.39 is 0 Å². The van der Waals surface area contributed by atoms with Crippen molar-refractivity contribution < 1.29 is 14.6 Å². The standard InChI is InChI=1S/C10H14ClNO3/c1-14-8-5-7(13)9(11)6(3-4-12)10(8)15-2/h5,13H,3-4,12H2,1-2H3. The molecule has 0 aliphatic rings. The Balaban J connectivity index is 3.35. The predicted octanol–water partition coefficient (Wildman–Crippen LogP) is 1.56. The monoisotopic (exact) mass is 231 g/mol. The average molecular weight is 232 g/mol. The molecule has 0 aliphatic carbocycles. The molecule has 0 aliphatic heterocycles. The molecule has 0 unspecified atom stereocenters. The van der Waals surface area contributed by atoms with Crippen LogP contribution in [0.3, 0.4) is 0 Å². The minimum atomic E-state index is -0.0298. The SMILES string of the molecule is COc1cc(O)c(Cl)c(CCN)c1OC. The number of methoxy groups -OCH3 is 2. The molecule has 15 heavy (non-hydrogen) atoms. The van der Waals surface area contributed by atoms with Crippen molar-refractivity contribution in [2.24, 2.45) is 5.73 Å². The highest BCUT2D eigenvalue weighted by Crippen LogP contribution is 2.41. The molecule has 0 aromatic heterocycles. The summed E-state index contributed by atoms with van der Waals surface area (Å²) >= 11 is 5.94. The molecule has 4 nitrogen and oxygen atoms in total. The van der Waals surface area contributed by atoms with Crippen LogP contribution in [0.15, 0.2) is 6.07 Å². The van der Waals surface area contributed by atoms with E-state index >= 15 is 0 Å². The highest BCUT2D eigenvalue weighted by atomic mass is 35.5. The van der Waals surface area contributed by atoms with Gasteiger partial charge in [0.05, 0.1) is 19.2 Å². The van der Waals surface area contributed by atoms with Gasteiger partial charge >= 0.3 is 0 Å². The Labute approximate surface area is 93.6 Å². The lowest BCUT2D eigenvalue weighted by atomic mass is 10.1. The fourth-order valence-electron chi connectivity index (χ4n) is 1.40. The van der Waals surface area contributed by atoms with Gasteiger partial charge < -0.3 is 20.3 Å². The van der Waals surface area contributed by atoms with Gasteiger partial charge in [-0.15, -0.1) is 0 Å². The predicted molar refractivity (Wildman–Crippen MR) is 59.0 cm³/mol. The highest BCUT2D eigenvalue weighted by molar-refractivity contribution is 6.33. The van der Waals surface area contributed by atoms with Gasteiger partial charge in [-0.3, -0.25) is 0 Å². The average Bonchev–Trinajstić information content (AvgIpc) is 2.24. The number of nitrogens with two attached hydrogens (primary N) is 1. The normalized spacial score (nSPS) is 10.1. The smallest absolute Gasteiger partial charge is 0.165 e. The van der Waals surface area contributed by atoms with Crippen LogP contribution in [0, 0.1) is 0 Å². The van der Waals surface area contributed by atoms with Crippen molar-refractivity contribution in [1.29, 1.82) is 0 Å². The zero-order chi connectivity index (χ0) is 11.4. The minimum absolute atomic E-state index is 0.0298. The van der Waals surface area contributed by atoms with Crippen molar-refractivity contribution in [2.75, 3.05) is 20.8 Å². The Hall–Kier alpha value is -1.13. The van der Waals surface area contributed by atoms with Gasteiger partial charge in [-0.05, 0) is 13.0 Å². The molecular formula is C10H14ClNO3. The first-order chi connectivity index (χ1) is 7.15. The first kappa shape index (κ1) is 11.9. The van der Waals surface area contributed by atoms with Crippen molar-refractivity contribution in [1.82, 2.24) is 0 Å². The minimum Gasteiger partial charge on any atom is -0.506 e. The summed E-state index contributed by atoms with van der Waals surface area (Å²) < 4.78 is 10.3. The van der Waals surface area contributed by atoms with E-state index in [1.807, 2.05) is 0 Å². The van der Waals surface area contributed by atoms with Gasteiger partial charge in [-0.1, -0.05) is 11.6 Å². The second-order valence-corrected chi connectivity index (χ2v) is 3.34. The maximum absolute atomic E-state index is 9.55. The summed E-state index contributed by atoms with van der Waals surface area (Å²) in [6.07, 6.45) is 0.521. The van der Waals surface area contributed by atoms with Gasteiger partial charge in [0.2, 0.25) is 0 Å². The van der Waals surface area contributed by atoms with Crippen LogP contribution in [0.25, 0.3) is 0 Å². The number of hydrogen-bond donors (Lipinski definition) is 2. The molecule has 0 saturated carbocycles. The van der Waals surface area contributed by atoms with Crippen LogP contribution in [-0.4, -0.2) is 25.9 Å². The summed E-state index contributed by atoms with van der Waals surface area (Å²) in [6, 6.07) is 1.42. The highest BCUT2D eigenvalue weighted by Gasteiger charge is 2.17. The van der Waals surface area contributed by atoms with Gasteiger partial charge in [0.15, 0.2) is 11.5 Å². The van der Waals surface area contributed by atoms with Gasteiger partial charge in [0.1, 0.15) is 5.75 Å². The van der Waals surface area contributed by atoms with E-state index in [1.165, 1.54) is 20.3 Å². The van der Waals surface area contributed by atoms with Crippen molar-refractivity contribution in [3.63, 3.8) is 0 Å². The lowest BCUT2D eigenvalue weighted by molar-refractivity contribution is 0.348. The summed E-state index contributed by atoms with van der Waals surface area (Å²) in [5, 5.41) is 9.81. The summed E-state index contributed by atoms with van der Waals surface area (Å²) in [5.74, 6) is 0.936. The molecule has 0 radical (unpaired) electrons. The first-order valence-electron chi connectivity index (χ1n) is 4.48. The van der Waals surface area contributed by atoms with E-state index in [0.29, 0.717) is 30.0 Å². The Morgan fingerprint density at radius 3 is 2.53 bits per heavy atom. The lowest BCUT2D eigenvalue weighted by Gasteiger charge is -2.14. The summed E-state index contributed by atoms with van der Waals surface area (Å²) in [6.45, 7) is 0.419. The molecular weight excluding hydrogens is 218 g/mol. The van der Waals surface area contributed by atoms with Crippen LogP contribution in [0.4, 0.5) is 0 Å². The van der Waals surface area contributed by atoms with Crippen LogP contribution in [-0.2, 0) is 6.42 Å². The summed E-state index contributed by atoms with van der Waals surface area (Å²) in [5.41, 5.74) is 6.12. The molecule has 5 heteroatoms. The molecule has 1 rings (SSSR count). The van der Waals surface area contributed by atoms with Gasteiger partial charge in [0, 0.05) is 11.6 Å². The fourth-order valence-corrected chi connectivity index (χ4v) is 1.63. The third-order valence-corrected chi connectivity index (χ3v) is 2.50. The molecule has 84 valence electrons. The Kier molecular flexibility index (Phi) is 4.05. The second kappa shape index (κ2) is 5.09. The topological polar surface area (TPSA) is 64.7 Å². The van der Waals surface area contributed by atoms with E-state index in [0.717, 1.165) is 0 Å². The molecule has 0 heterocycles. The van der Waals surface area contributed by atoms with Crippen molar-refractivity contribution in [3.8, 4) is 17.2 Å². The zero-order valence-electron chi connectivity index (χ0n) is 8.71. The molecule has 0 bridgehead atoms. The molecule has 3 N–H and O–H groups in total. The van der Waals surface area contributed by atoms with Crippen LogP contribution in [0.5, 0.6) is 17.2 Å². The Bertz CT molecular complexity index is 355. The molecule has 0 spiro atoms. The van der Waals surface area contributed by atoms with Crippen molar-refractivity contribution in [2.45, 2.75) is 6.42 Å². The van der Waals surface area contributed by atoms with E-state index in [1.54, 1.807) is 0 Å². The quantitative estimate of drug-likeness (QED) is 0.826. The third-order valence-electron chi connectivity index (χ3n) is 2.07. The number of hydrogen-bond acceptors (Lipinski definition) is 4. The van der Waals surface area contributed by atoms with E-state index in [2.05, 4.69) is 0 Å². The maximum Gasteiger partial charge on any atom is 0.165 e. The van der Waals surface area contributed by atoms with Crippen LogP contribution in [0.2, 0.25) is 5.02 Å². The first-order valence-corrected chi connectivity index (χ1v) is 4.85. The number of rotatable bonds is 4. The molecule has 0 amide bonds. The van der Waals surface area contributed by atoms with Gasteiger partial charge in [-0.25, -0.2) is 0 Å². The lowest BCUT2D eigenvalue weighted by Crippen LogP contribution is -2.06. The fraction of sp³-hybridized carbons (Fsp3) is 0.400. The van der Waals surface area contributed by atoms with E-state index in [-0.39, 0.29) is 10.8 Å². The number of phenols is 1. The van der Waals surface area contributed by atoms with Crippen LogP contribution < -0.4 is 15.2 Å². The molecule has 0 atom stereocenters. The number of phenolic OH excluding ortho intramolecular Hbond substituents is 1. The van der Waals surface area contributed by atoms with Crippen LogP contribution >= 0.6 is 11.6 Å². The molecule has 0 fully saturated rings. The van der Waals surface area contributed by atoms with E-state index in [4.69, 9.17) is 26.8 Å². The van der Waals surface area contributed by atoms with Crippen molar-refractivity contribution >= 4 is 11.6 Å². The Morgan fingerprint density at radius 2 is 2.07 bits per heavy atom. The number of ether oxygens (including phenoxy) is 2. The number of halogens is 1. The largest absolute Gasteiger partial charge is 0.506 e. The zero-order valence-corrected chi connectivity index (χ0v) is 9.47. The third kappa shape index (κ3) is 2.27. The summed E-state index contributed by atoms with van der Waals surface area (Å²) in [4.78, 5) is 0. The van der Waals surface area contributed by atoms with Crippen molar-refractivity contribution in [3.05, 3.63) is 16.7 Å². The number of benzene rings is 1. The Morgan fingerprint density at radius 1 is 1.40 bits per heavy atom. The van der Waals surface area contributed by atoms with Gasteiger partial charge in [0.25, 0.3) is 0 Å². The maximum atomic E-state index is 9.55. The molecule has 1 aromatic rings. The second-order valence-electron chi connectivity index (χ2n) is 2.96. The summed E-state index contributed by atoms with van der Waals surface area (Å²) in [7, 11) is 3.02. The molecule has 0 saturated heterocycles. The van der Waals surface area contributed by atoms with Gasteiger partial charge in [-0.2, -0.15) is 0 Å². The van der Waals surface area contributed by atoms with Crippen LogP contribution in [0.1, 0.15) is 5.56 Å². The van der Waals surface area contributed by atoms with E-state index in [9.17, 15) is 5.11 Å². The molecule has 1 aromatic carbocycles.